The summed E-state index contributed by atoms with van der Waals surface area (Å²) in [6.45, 7) is 0. The van der Waals surface area contributed by atoms with Gasteiger partial charge >= 0.3 is 0 Å². The van der Waals surface area contributed by atoms with Crippen molar-refractivity contribution >= 4 is 66.6 Å². The second-order valence-corrected chi connectivity index (χ2v) is 9.47. The molecular weight excluding hydrogens is 392 g/mol. The zero-order chi connectivity index (χ0) is 19.5. The average Bonchev–Trinajstić information content (AvgIpc) is 3.26. The quantitative estimate of drug-likeness (QED) is 0.288. The van der Waals surface area contributed by atoms with Crippen LogP contribution < -0.4 is 9.47 Å². The van der Waals surface area contributed by atoms with Crippen LogP contribution >= 0.6 is 23.1 Å². The normalized spacial score (nSPS) is 15.1. The van der Waals surface area contributed by atoms with Crippen molar-refractivity contribution in [3.8, 4) is 0 Å². The minimum Gasteiger partial charge on any atom is -0.338 e. The van der Waals surface area contributed by atoms with Crippen molar-refractivity contribution in [1.82, 2.24) is 0 Å². The van der Waals surface area contributed by atoms with Crippen LogP contribution in [0.1, 0.15) is 5.01 Å². The number of nitrogens with zero attached hydrogens (tertiary/aromatic N) is 2. The molecule has 0 saturated heterocycles. The fourth-order valence-electron chi connectivity index (χ4n) is 4.15. The van der Waals surface area contributed by atoms with Crippen molar-refractivity contribution in [3.63, 3.8) is 0 Å². The Bertz CT molecular complexity index is 1460. The highest BCUT2D eigenvalue weighted by Crippen LogP contribution is 2.49. The highest BCUT2D eigenvalue weighted by atomic mass is 32.2. The van der Waals surface area contributed by atoms with Crippen molar-refractivity contribution in [3.05, 3.63) is 82.8 Å². The van der Waals surface area contributed by atoms with E-state index in [9.17, 15) is 0 Å². The minimum absolute atomic E-state index is 1.27. The van der Waals surface area contributed by atoms with Gasteiger partial charge in [-0.3, -0.25) is 0 Å². The molecule has 4 heteroatoms. The standard InChI is InChI=1S/C25H19N2S2/c1-26-20-13-11-16-7-3-5-9-18(16)24(20)28-22(26)15-23-27(2)21-14-12-17-8-4-6-10-19(17)25(21)29-23/h3-15H,1-2H3/q+1. The summed E-state index contributed by atoms with van der Waals surface area (Å²) >= 11 is 3.74. The Labute approximate surface area is 177 Å². The predicted molar refractivity (Wildman–Crippen MR) is 127 cm³/mol. The summed E-state index contributed by atoms with van der Waals surface area (Å²) in [5.41, 5.74) is 2.57. The van der Waals surface area contributed by atoms with Gasteiger partial charge in [0.05, 0.1) is 16.8 Å². The molecule has 0 saturated carbocycles. The Kier molecular flexibility index (Phi) is 3.73. The van der Waals surface area contributed by atoms with Gasteiger partial charge in [0.2, 0.25) is 5.52 Å². The maximum Gasteiger partial charge on any atom is 0.265 e. The number of hydrogen-bond acceptors (Lipinski definition) is 3. The van der Waals surface area contributed by atoms with E-state index in [-0.39, 0.29) is 0 Å². The molecule has 2 heterocycles. The molecule has 0 spiro atoms. The Morgan fingerprint density at radius 3 is 2.34 bits per heavy atom. The zero-order valence-electron chi connectivity index (χ0n) is 16.2. The van der Waals surface area contributed by atoms with Crippen LogP contribution in [0.4, 0.5) is 5.69 Å². The molecule has 5 aromatic rings. The Hall–Kier alpha value is -2.82. The zero-order valence-corrected chi connectivity index (χ0v) is 17.8. The van der Waals surface area contributed by atoms with E-state index in [1.807, 2.05) is 23.1 Å². The second-order valence-electron chi connectivity index (χ2n) is 7.41. The Morgan fingerprint density at radius 1 is 0.828 bits per heavy atom. The van der Waals surface area contributed by atoms with Gasteiger partial charge in [-0.25, -0.2) is 0 Å². The summed E-state index contributed by atoms with van der Waals surface area (Å²) in [5, 5.41) is 7.79. The highest BCUT2D eigenvalue weighted by Gasteiger charge is 2.26. The number of hydrogen-bond donors (Lipinski definition) is 0. The van der Waals surface area contributed by atoms with Gasteiger partial charge in [-0.1, -0.05) is 77.7 Å². The number of aryl methyl sites for hydroxylation is 1. The van der Waals surface area contributed by atoms with E-state index < -0.39 is 0 Å². The number of benzene rings is 4. The molecule has 0 atom stereocenters. The largest absolute Gasteiger partial charge is 0.338 e. The van der Waals surface area contributed by atoms with Gasteiger partial charge in [-0.2, -0.15) is 4.57 Å². The monoisotopic (exact) mass is 411 g/mol. The lowest BCUT2D eigenvalue weighted by Gasteiger charge is -2.12. The lowest BCUT2D eigenvalue weighted by atomic mass is 10.1. The van der Waals surface area contributed by atoms with Gasteiger partial charge in [0.25, 0.3) is 5.01 Å². The number of thiazole rings is 1. The van der Waals surface area contributed by atoms with Gasteiger partial charge in [0.15, 0.2) is 0 Å². The average molecular weight is 412 g/mol. The van der Waals surface area contributed by atoms with Crippen LogP contribution in [0.3, 0.4) is 0 Å². The van der Waals surface area contributed by atoms with Crippen molar-refractivity contribution in [2.45, 2.75) is 4.90 Å². The molecule has 4 aromatic carbocycles. The minimum atomic E-state index is 1.27. The van der Waals surface area contributed by atoms with Gasteiger partial charge in [-0.15, -0.1) is 0 Å². The molecule has 29 heavy (non-hydrogen) atoms. The fourth-order valence-corrected chi connectivity index (χ4v) is 6.66. The van der Waals surface area contributed by atoms with Gasteiger partial charge in [0, 0.05) is 23.4 Å². The van der Waals surface area contributed by atoms with Crippen molar-refractivity contribution in [2.75, 3.05) is 11.9 Å². The molecule has 0 bridgehead atoms. The van der Waals surface area contributed by atoms with Gasteiger partial charge < -0.3 is 4.90 Å². The molecule has 0 unspecified atom stereocenters. The molecule has 0 amide bonds. The molecule has 1 aliphatic rings. The van der Waals surface area contributed by atoms with Crippen LogP contribution in [-0.4, -0.2) is 7.05 Å². The second kappa shape index (κ2) is 6.34. The summed E-state index contributed by atoms with van der Waals surface area (Å²) in [6, 6.07) is 26.2. The van der Waals surface area contributed by atoms with E-state index in [4.69, 9.17) is 0 Å². The highest BCUT2D eigenvalue weighted by molar-refractivity contribution is 8.04. The maximum atomic E-state index is 2.33. The van der Waals surface area contributed by atoms with Gasteiger partial charge in [0.1, 0.15) is 11.7 Å². The first-order chi connectivity index (χ1) is 14.2. The number of thioether (sulfide) groups is 1. The molecule has 6 rings (SSSR count). The van der Waals surface area contributed by atoms with Crippen LogP contribution in [-0.2, 0) is 7.05 Å². The molecule has 0 aliphatic carbocycles. The van der Waals surface area contributed by atoms with E-state index in [1.165, 1.54) is 52.4 Å². The molecule has 1 aromatic heterocycles. The van der Waals surface area contributed by atoms with Crippen LogP contribution in [0.25, 0.3) is 37.8 Å². The lowest BCUT2D eigenvalue weighted by molar-refractivity contribution is -0.642. The number of fused-ring (bicyclic) bond motifs is 6. The summed E-state index contributed by atoms with van der Waals surface area (Å²) in [6.07, 6.45) is 2.33. The molecule has 1 aliphatic heterocycles. The fraction of sp³-hybridized carbons (Fsp3) is 0.0800. The van der Waals surface area contributed by atoms with Gasteiger partial charge in [-0.05, 0) is 28.3 Å². The first-order valence-electron chi connectivity index (χ1n) is 9.66. The third-order valence-corrected chi connectivity index (χ3v) is 8.23. The smallest absolute Gasteiger partial charge is 0.265 e. The molecule has 2 nitrogen and oxygen atoms in total. The van der Waals surface area contributed by atoms with E-state index in [2.05, 4.69) is 102 Å². The van der Waals surface area contributed by atoms with Crippen LogP contribution in [0, 0.1) is 0 Å². The Balaban J connectivity index is 1.51. The first kappa shape index (κ1) is 17.1. The number of anilines is 1. The molecular formula is C25H19N2S2+. The summed E-state index contributed by atoms with van der Waals surface area (Å²) < 4.78 is 3.67. The number of aromatic nitrogens is 1. The number of rotatable bonds is 1. The Morgan fingerprint density at radius 2 is 1.52 bits per heavy atom. The summed E-state index contributed by atoms with van der Waals surface area (Å²) in [7, 11) is 4.34. The molecule has 0 N–H and O–H groups in total. The topological polar surface area (TPSA) is 7.12 Å². The van der Waals surface area contributed by atoms with Crippen LogP contribution in [0.15, 0.2) is 82.7 Å². The lowest BCUT2D eigenvalue weighted by Crippen LogP contribution is -2.29. The van der Waals surface area contributed by atoms with Crippen molar-refractivity contribution in [1.29, 1.82) is 0 Å². The summed E-state index contributed by atoms with van der Waals surface area (Å²) in [4.78, 5) is 3.67. The molecule has 140 valence electrons. The third kappa shape index (κ3) is 2.53. The molecule has 0 radical (unpaired) electrons. The van der Waals surface area contributed by atoms with Crippen LogP contribution in [0.5, 0.6) is 0 Å². The van der Waals surface area contributed by atoms with E-state index in [0.29, 0.717) is 0 Å². The first-order valence-corrected chi connectivity index (χ1v) is 11.3. The van der Waals surface area contributed by atoms with E-state index in [1.54, 1.807) is 0 Å². The van der Waals surface area contributed by atoms with Crippen LogP contribution in [0.2, 0.25) is 0 Å². The SMILES string of the molecule is CN1/C(=C\c2sc3c4ccccc4ccc3[n+]2C)Sc2c1ccc1ccccc21. The van der Waals surface area contributed by atoms with Crippen molar-refractivity contribution < 1.29 is 4.57 Å². The maximum absolute atomic E-state index is 2.33. The van der Waals surface area contributed by atoms with Crippen molar-refractivity contribution in [2.24, 2.45) is 7.05 Å². The van der Waals surface area contributed by atoms with E-state index >= 15 is 0 Å². The third-order valence-electron chi connectivity index (χ3n) is 5.76. The summed E-state index contributed by atoms with van der Waals surface area (Å²) in [5.74, 6) is 0. The van der Waals surface area contributed by atoms with E-state index in [0.717, 1.165) is 0 Å². The molecule has 0 fully saturated rings. The predicted octanol–water partition coefficient (Wildman–Crippen LogP) is 6.57.